The highest BCUT2D eigenvalue weighted by molar-refractivity contribution is 6.09. The molecule has 5 N–H and O–H groups in total. The summed E-state index contributed by atoms with van der Waals surface area (Å²) in [6.07, 6.45) is 2.82. The number of hydrogen-bond donors (Lipinski definition) is 5. The molecule has 4 atom stereocenters. The SMILES string of the molecule is CC(C)(C)OC(=O)N1Cc2nc(-c3c(F)cccc3C#N)cc(-n3ccc(N4C[C@](C)(O)C[C@](C)(O)C4)n3)c2C1=O.C[C@]1(O)CN(c2ccn(-c3cc(-c4c(F)cccc4C#N)nc4c3C(=O)NC4)n2)C[C@@](C)(O)C1. The average molecular weight is 1030 g/mol. The topological polar surface area (TPSA) is 272 Å². The first kappa shape index (κ1) is 51.7. The minimum Gasteiger partial charge on any atom is -0.443 e. The number of aromatic nitrogens is 6. The second-order valence-corrected chi connectivity index (χ2v) is 21.6. The summed E-state index contributed by atoms with van der Waals surface area (Å²) >= 11 is 0. The van der Waals surface area contributed by atoms with Gasteiger partial charge in [0.25, 0.3) is 11.8 Å². The van der Waals surface area contributed by atoms with Crippen molar-refractivity contribution in [3.8, 4) is 46.0 Å². The van der Waals surface area contributed by atoms with Crippen molar-refractivity contribution >= 4 is 29.5 Å². The summed E-state index contributed by atoms with van der Waals surface area (Å²) in [6, 6.07) is 18.7. The minimum absolute atomic E-state index is 0.0438. The van der Waals surface area contributed by atoms with Crippen LogP contribution < -0.4 is 15.1 Å². The number of imide groups is 1. The molecule has 0 aliphatic carbocycles. The van der Waals surface area contributed by atoms with Crippen LogP contribution in [0, 0.1) is 34.3 Å². The molecule has 0 unspecified atom stereocenters. The van der Waals surface area contributed by atoms with Crippen LogP contribution in [-0.4, -0.2) is 127 Å². The third-order valence-electron chi connectivity index (χ3n) is 12.9. The Hall–Kier alpha value is -8.15. The third-order valence-corrected chi connectivity index (χ3v) is 12.9. The lowest BCUT2D eigenvalue weighted by Gasteiger charge is -2.44. The van der Waals surface area contributed by atoms with E-state index in [-0.39, 0.29) is 109 Å². The molecule has 3 amide bonds. The van der Waals surface area contributed by atoms with Gasteiger partial charge >= 0.3 is 6.09 Å². The Morgan fingerprint density at radius 3 is 1.56 bits per heavy atom. The number of halogens is 2. The first-order valence-corrected chi connectivity index (χ1v) is 23.9. The van der Waals surface area contributed by atoms with Crippen LogP contribution in [0.2, 0.25) is 0 Å². The van der Waals surface area contributed by atoms with Crippen LogP contribution >= 0.6 is 0 Å². The first-order chi connectivity index (χ1) is 35.1. The lowest BCUT2D eigenvalue weighted by molar-refractivity contribution is -0.0591. The Morgan fingerprint density at radius 1 is 0.680 bits per heavy atom. The van der Waals surface area contributed by atoms with Gasteiger partial charge in [0.2, 0.25) is 0 Å². The molecule has 22 heteroatoms. The van der Waals surface area contributed by atoms with Crippen molar-refractivity contribution in [3.63, 3.8) is 0 Å². The lowest BCUT2D eigenvalue weighted by Crippen LogP contribution is -2.57. The number of nitrogens with zero attached hydrogens (tertiary/aromatic N) is 11. The maximum Gasteiger partial charge on any atom is 0.417 e. The predicted molar refractivity (Wildman–Crippen MR) is 266 cm³/mol. The van der Waals surface area contributed by atoms with Crippen molar-refractivity contribution in [2.24, 2.45) is 0 Å². The van der Waals surface area contributed by atoms with Gasteiger partial charge in [-0.1, -0.05) is 12.1 Å². The zero-order valence-electron chi connectivity index (χ0n) is 42.2. The van der Waals surface area contributed by atoms with Gasteiger partial charge in [-0.2, -0.15) is 20.7 Å². The van der Waals surface area contributed by atoms with E-state index in [1.54, 1.807) is 88.9 Å². The molecular formula is C53H54F2N12O8. The maximum atomic E-state index is 15.0. The number of pyridine rings is 2. The van der Waals surface area contributed by atoms with E-state index in [1.165, 1.54) is 51.8 Å². The number of benzene rings is 2. The molecule has 6 aromatic rings. The highest BCUT2D eigenvalue weighted by atomic mass is 19.1. The number of amides is 3. The molecule has 4 aliphatic rings. The van der Waals surface area contributed by atoms with Crippen LogP contribution in [0.15, 0.2) is 73.1 Å². The molecule has 388 valence electrons. The molecule has 20 nitrogen and oxygen atoms in total. The molecule has 4 aromatic heterocycles. The van der Waals surface area contributed by atoms with Gasteiger partial charge in [-0.15, -0.1) is 0 Å². The Morgan fingerprint density at radius 2 is 1.12 bits per heavy atom. The molecule has 0 bridgehead atoms. The highest BCUT2D eigenvalue weighted by Gasteiger charge is 2.44. The Labute approximate surface area is 429 Å². The van der Waals surface area contributed by atoms with Crippen molar-refractivity contribution < 1.29 is 48.3 Å². The zero-order valence-corrected chi connectivity index (χ0v) is 42.2. The summed E-state index contributed by atoms with van der Waals surface area (Å²) < 4.78 is 38.1. The van der Waals surface area contributed by atoms with Crippen molar-refractivity contribution in [2.75, 3.05) is 36.0 Å². The fourth-order valence-corrected chi connectivity index (χ4v) is 10.5. The normalized spacial score (nSPS) is 23.2. The highest BCUT2D eigenvalue weighted by Crippen LogP contribution is 2.38. The Kier molecular flexibility index (Phi) is 12.9. The van der Waals surface area contributed by atoms with E-state index in [1.807, 2.05) is 12.1 Å². The number of hydrogen-bond acceptors (Lipinski definition) is 16. The van der Waals surface area contributed by atoms with Gasteiger partial charge in [0, 0.05) is 63.5 Å². The summed E-state index contributed by atoms with van der Waals surface area (Å²) in [5, 5.41) is 73.8. The van der Waals surface area contributed by atoms with Gasteiger partial charge in [0.1, 0.15) is 17.2 Å². The fraction of sp³-hybridized carbons (Fsp3) is 0.377. The van der Waals surface area contributed by atoms with Gasteiger partial charge in [0.05, 0.1) is 115 Å². The minimum atomic E-state index is -1.17. The largest absolute Gasteiger partial charge is 0.443 e. The number of fused-ring (bicyclic) bond motifs is 2. The standard InChI is InChI=1S/C29H31FN6O5.C24H23FN6O3/c1-27(2,3)41-26(38)35-13-20-24(25(35)37)21(11-19(32-20)23-17(12-31)7-6-8-18(23)30)36-10-9-22(33-36)34-15-28(4,39)14-29(5,40)16-34;1-23(33)11-24(2,34)13-30(12-23)19-6-7-31(29-19)18-8-16(28-17-10-27-22(32)21(17)18)20-14(9-26)4-3-5-15(20)25/h6-11,39-40H,13-16H2,1-5H3;3-8,33-34H,10-13H2,1-2H3,(H,27,32)/t28-,29+;23-,24+. The first-order valence-electron chi connectivity index (χ1n) is 23.9. The molecular weight excluding hydrogens is 971 g/mol. The van der Waals surface area contributed by atoms with Gasteiger partial charge < -0.3 is 40.3 Å². The summed E-state index contributed by atoms with van der Waals surface area (Å²) in [5.41, 5.74) is -3.22. The van der Waals surface area contributed by atoms with Crippen LogP contribution in [0.25, 0.3) is 33.9 Å². The van der Waals surface area contributed by atoms with Crippen molar-refractivity contribution in [3.05, 3.63) is 118 Å². The van der Waals surface area contributed by atoms with Crippen LogP contribution in [0.1, 0.15) is 105 Å². The number of carbonyl (C=O) groups is 3. The molecule has 10 rings (SSSR count). The van der Waals surface area contributed by atoms with Crippen LogP contribution in [0.4, 0.5) is 25.2 Å². The van der Waals surface area contributed by atoms with E-state index in [0.717, 1.165) is 4.90 Å². The third kappa shape index (κ3) is 10.5. The van der Waals surface area contributed by atoms with Crippen LogP contribution in [0.5, 0.6) is 0 Å². The van der Waals surface area contributed by atoms with Gasteiger partial charge in [-0.05, 0) is 84.9 Å². The molecule has 4 aliphatic heterocycles. The van der Waals surface area contributed by atoms with Crippen molar-refractivity contribution in [2.45, 2.75) is 102 Å². The molecule has 2 fully saturated rings. The monoisotopic (exact) mass is 1020 g/mol. The Balaban J connectivity index is 0.000000187. The summed E-state index contributed by atoms with van der Waals surface area (Å²) in [7, 11) is 0. The molecule has 0 radical (unpaired) electrons. The van der Waals surface area contributed by atoms with Crippen molar-refractivity contribution in [1.29, 1.82) is 10.5 Å². The number of aliphatic hydroxyl groups is 4. The number of nitrogens with one attached hydrogen (secondary N) is 1. The molecule has 2 aromatic carbocycles. The average Bonchev–Trinajstić information content (AvgIpc) is 4.13. The van der Waals surface area contributed by atoms with E-state index in [4.69, 9.17) is 4.74 Å². The van der Waals surface area contributed by atoms with E-state index in [2.05, 4.69) is 25.5 Å². The van der Waals surface area contributed by atoms with Gasteiger partial charge in [-0.25, -0.2) is 37.8 Å². The van der Waals surface area contributed by atoms with E-state index in [9.17, 15) is 49.7 Å². The fourth-order valence-electron chi connectivity index (χ4n) is 10.5. The second kappa shape index (κ2) is 18.7. The zero-order chi connectivity index (χ0) is 54.2. The molecule has 0 spiro atoms. The number of carbonyl (C=O) groups excluding carboxylic acids is 3. The number of β-amino-alcohol motifs (C(OH)–C–C–N with tert-alkyl or cyclic N) is 4. The predicted octanol–water partition coefficient (Wildman–Crippen LogP) is 5.45. The number of anilines is 2. The quantitative estimate of drug-likeness (QED) is 0.139. The number of piperidine rings is 2. The molecule has 0 saturated carbocycles. The van der Waals surface area contributed by atoms with Gasteiger partial charge in [-0.3, -0.25) is 9.59 Å². The summed E-state index contributed by atoms with van der Waals surface area (Å²) in [5.74, 6) is -1.30. The van der Waals surface area contributed by atoms with E-state index >= 15 is 4.39 Å². The van der Waals surface area contributed by atoms with Crippen molar-refractivity contribution in [1.82, 2.24) is 39.7 Å². The lowest BCUT2D eigenvalue weighted by atomic mass is 9.84. The number of nitriles is 2. The van der Waals surface area contributed by atoms with Gasteiger partial charge in [0.15, 0.2) is 11.6 Å². The summed E-state index contributed by atoms with van der Waals surface area (Å²) in [4.78, 5) is 52.5. The van der Waals surface area contributed by atoms with E-state index in [0.29, 0.717) is 28.6 Å². The smallest absolute Gasteiger partial charge is 0.417 e. The second-order valence-electron chi connectivity index (χ2n) is 21.6. The Bertz CT molecular complexity index is 3370. The van der Waals surface area contributed by atoms with Crippen LogP contribution in [0.3, 0.4) is 0 Å². The number of rotatable bonds is 6. The molecule has 2 saturated heterocycles. The molecule has 8 heterocycles. The van der Waals surface area contributed by atoms with E-state index < -0.39 is 51.6 Å². The molecule has 75 heavy (non-hydrogen) atoms. The van der Waals surface area contributed by atoms with Crippen LogP contribution in [-0.2, 0) is 17.8 Å². The summed E-state index contributed by atoms with van der Waals surface area (Å²) in [6.45, 7) is 12.6. The maximum absolute atomic E-state index is 15.0. The number of ether oxygens (including phenoxy) is 1.